The van der Waals surface area contributed by atoms with Crippen molar-refractivity contribution in [2.24, 2.45) is 0 Å². The Labute approximate surface area is 174 Å². The van der Waals surface area contributed by atoms with Crippen LogP contribution in [-0.2, 0) is 16.0 Å². The molecule has 1 aromatic rings. The highest BCUT2D eigenvalue weighted by Gasteiger charge is 2.33. The molecule has 7 heteroatoms. The molecule has 2 rings (SSSR count). The van der Waals surface area contributed by atoms with Crippen molar-refractivity contribution in [1.29, 1.82) is 0 Å². The highest BCUT2D eigenvalue weighted by atomic mass is 16.6. The van der Waals surface area contributed by atoms with E-state index in [1.165, 1.54) is 0 Å². The van der Waals surface area contributed by atoms with Crippen molar-refractivity contribution < 1.29 is 19.1 Å². The van der Waals surface area contributed by atoms with Gasteiger partial charge < -0.3 is 24.6 Å². The van der Waals surface area contributed by atoms with E-state index in [0.29, 0.717) is 25.1 Å². The van der Waals surface area contributed by atoms with Gasteiger partial charge in [0.1, 0.15) is 5.60 Å². The summed E-state index contributed by atoms with van der Waals surface area (Å²) >= 11 is 0. The normalized spacial score (nSPS) is 19.9. The number of nitrogens with zero attached hydrogens (tertiary/aromatic N) is 2. The molecule has 0 aromatic heterocycles. The zero-order valence-corrected chi connectivity index (χ0v) is 18.5. The van der Waals surface area contributed by atoms with Crippen LogP contribution in [0.4, 0.5) is 4.79 Å². The summed E-state index contributed by atoms with van der Waals surface area (Å²) in [7, 11) is 5.69. The van der Waals surface area contributed by atoms with Gasteiger partial charge in [-0.25, -0.2) is 4.79 Å². The molecule has 7 nitrogen and oxygen atoms in total. The van der Waals surface area contributed by atoms with Gasteiger partial charge in [-0.1, -0.05) is 12.1 Å². The van der Waals surface area contributed by atoms with Crippen LogP contribution in [0.25, 0.3) is 0 Å². The zero-order chi connectivity index (χ0) is 21.6. The zero-order valence-electron chi connectivity index (χ0n) is 18.5. The minimum absolute atomic E-state index is 0.0175. The van der Waals surface area contributed by atoms with Crippen molar-refractivity contribution >= 4 is 12.0 Å². The second kappa shape index (κ2) is 10.1. The Hall–Kier alpha value is -2.12. The monoisotopic (exact) mass is 405 g/mol. The molecule has 0 unspecified atom stereocenters. The van der Waals surface area contributed by atoms with E-state index in [0.717, 1.165) is 18.5 Å². The average Bonchev–Trinajstić information content (AvgIpc) is 2.64. The Morgan fingerprint density at radius 2 is 2.00 bits per heavy atom. The molecule has 1 saturated heterocycles. The number of nitrogens with one attached hydrogen (secondary N) is 1. The molecule has 2 amide bonds. The Morgan fingerprint density at radius 1 is 1.28 bits per heavy atom. The maximum absolute atomic E-state index is 13.2. The van der Waals surface area contributed by atoms with Crippen LogP contribution in [0.2, 0.25) is 0 Å². The second-order valence-corrected chi connectivity index (χ2v) is 8.86. The van der Waals surface area contributed by atoms with Gasteiger partial charge in [-0.2, -0.15) is 0 Å². The first-order chi connectivity index (χ1) is 13.6. The molecule has 1 aliphatic rings. The van der Waals surface area contributed by atoms with Gasteiger partial charge in [0.05, 0.1) is 12.1 Å². The molecule has 0 saturated carbocycles. The fourth-order valence-electron chi connectivity index (χ4n) is 3.54. The number of hydrogen-bond acceptors (Lipinski definition) is 5. The lowest BCUT2D eigenvalue weighted by atomic mass is 9.97. The summed E-state index contributed by atoms with van der Waals surface area (Å²) in [6.07, 6.45) is 1.06. The van der Waals surface area contributed by atoms with Gasteiger partial charge in [0.2, 0.25) is 0 Å². The Kier molecular flexibility index (Phi) is 8.05. The molecule has 29 heavy (non-hydrogen) atoms. The van der Waals surface area contributed by atoms with Gasteiger partial charge in [-0.3, -0.25) is 4.79 Å². The maximum Gasteiger partial charge on any atom is 0.407 e. The average molecular weight is 406 g/mol. The van der Waals surface area contributed by atoms with Crippen LogP contribution >= 0.6 is 0 Å². The summed E-state index contributed by atoms with van der Waals surface area (Å²) in [6, 6.07) is 7.59. The number of methoxy groups -OCH3 is 1. The number of carbonyl (C=O) groups excluding carboxylic acids is 2. The van der Waals surface area contributed by atoms with Gasteiger partial charge >= 0.3 is 6.09 Å². The van der Waals surface area contributed by atoms with Crippen LogP contribution in [0.15, 0.2) is 24.3 Å². The van der Waals surface area contributed by atoms with Gasteiger partial charge in [0.25, 0.3) is 5.91 Å². The van der Waals surface area contributed by atoms with E-state index < -0.39 is 11.7 Å². The van der Waals surface area contributed by atoms with Gasteiger partial charge in [0.15, 0.2) is 0 Å². The van der Waals surface area contributed by atoms with Gasteiger partial charge in [0, 0.05) is 32.3 Å². The van der Waals surface area contributed by atoms with E-state index in [-0.39, 0.29) is 18.1 Å². The molecular weight excluding hydrogens is 370 g/mol. The van der Waals surface area contributed by atoms with E-state index in [1.807, 2.05) is 64.0 Å². The lowest BCUT2D eigenvalue weighted by Gasteiger charge is -2.39. The van der Waals surface area contributed by atoms with Crippen LogP contribution in [0, 0.1) is 0 Å². The molecule has 1 heterocycles. The maximum atomic E-state index is 13.2. The smallest absolute Gasteiger partial charge is 0.407 e. The fraction of sp³-hybridized carbons (Fsp3) is 0.636. The summed E-state index contributed by atoms with van der Waals surface area (Å²) in [5.41, 5.74) is 1.20. The number of rotatable bonds is 6. The molecule has 0 spiro atoms. The highest BCUT2D eigenvalue weighted by Crippen LogP contribution is 2.22. The first kappa shape index (κ1) is 23.2. The number of piperidine rings is 1. The van der Waals surface area contributed by atoms with Crippen molar-refractivity contribution in [2.45, 2.75) is 57.9 Å². The third kappa shape index (κ3) is 7.33. The first-order valence-corrected chi connectivity index (χ1v) is 10.1. The number of ether oxygens (including phenoxy) is 2. The van der Waals surface area contributed by atoms with Crippen LogP contribution in [-0.4, -0.2) is 73.8 Å². The lowest BCUT2D eigenvalue weighted by Crippen LogP contribution is -2.53. The Balaban J connectivity index is 2.11. The molecular formula is C22H35N3O4. The molecule has 0 aliphatic carbocycles. The van der Waals surface area contributed by atoms with Gasteiger partial charge in [-0.05, 0) is 65.4 Å². The van der Waals surface area contributed by atoms with E-state index in [2.05, 4.69) is 10.2 Å². The van der Waals surface area contributed by atoms with Crippen molar-refractivity contribution in [3.63, 3.8) is 0 Å². The number of carbonyl (C=O) groups is 2. The topological polar surface area (TPSA) is 71.1 Å². The van der Waals surface area contributed by atoms with Crippen molar-refractivity contribution in [3.05, 3.63) is 35.4 Å². The molecule has 1 fully saturated rings. The van der Waals surface area contributed by atoms with Crippen LogP contribution in [0.5, 0.6) is 0 Å². The Morgan fingerprint density at radius 3 is 2.62 bits per heavy atom. The summed E-state index contributed by atoms with van der Waals surface area (Å²) in [4.78, 5) is 29.2. The number of benzene rings is 1. The van der Waals surface area contributed by atoms with Gasteiger partial charge in [-0.15, -0.1) is 0 Å². The second-order valence-electron chi connectivity index (χ2n) is 8.86. The summed E-state index contributed by atoms with van der Waals surface area (Å²) in [5, 5.41) is 2.81. The third-order valence-electron chi connectivity index (χ3n) is 4.82. The molecule has 0 bridgehead atoms. The first-order valence-electron chi connectivity index (χ1n) is 10.1. The van der Waals surface area contributed by atoms with E-state index >= 15 is 0 Å². The predicted octanol–water partition coefficient (Wildman–Crippen LogP) is 2.89. The van der Waals surface area contributed by atoms with E-state index in [4.69, 9.17) is 9.47 Å². The lowest BCUT2D eigenvalue weighted by molar-refractivity contribution is 0.00974. The standard InChI is InChI=1S/C22H35N3O4/c1-22(2,3)29-21(27)23-14-18-13-19(28-6)10-11-25(18)20(26)17-9-7-8-16(12-17)15-24(4)5/h7-9,12,18-19H,10-11,13-15H2,1-6H3,(H,23,27)/t18-,19-/m1/s1. The third-order valence-corrected chi connectivity index (χ3v) is 4.82. The molecule has 2 atom stereocenters. The Bertz CT molecular complexity index is 700. The molecule has 1 aliphatic heterocycles. The van der Waals surface area contributed by atoms with E-state index in [1.54, 1.807) is 7.11 Å². The number of amides is 2. The summed E-state index contributed by atoms with van der Waals surface area (Å²) in [5.74, 6) is -0.0175. The van der Waals surface area contributed by atoms with Crippen LogP contribution in [0.3, 0.4) is 0 Å². The van der Waals surface area contributed by atoms with Crippen molar-refractivity contribution in [3.8, 4) is 0 Å². The largest absolute Gasteiger partial charge is 0.444 e. The quantitative estimate of drug-likeness (QED) is 0.788. The predicted molar refractivity (Wildman–Crippen MR) is 113 cm³/mol. The molecule has 0 radical (unpaired) electrons. The van der Waals surface area contributed by atoms with Crippen molar-refractivity contribution in [1.82, 2.24) is 15.1 Å². The molecule has 162 valence electrons. The minimum Gasteiger partial charge on any atom is -0.444 e. The van der Waals surface area contributed by atoms with Crippen LogP contribution < -0.4 is 5.32 Å². The molecule has 1 N–H and O–H groups in total. The SMILES string of the molecule is CO[C@@H]1CCN(C(=O)c2cccc(CN(C)C)c2)[C@@H](CNC(=O)OC(C)(C)C)C1. The summed E-state index contributed by atoms with van der Waals surface area (Å²) < 4.78 is 10.8. The fourth-order valence-corrected chi connectivity index (χ4v) is 3.54. The van der Waals surface area contributed by atoms with Crippen molar-refractivity contribution in [2.75, 3.05) is 34.3 Å². The number of likely N-dealkylation sites (tertiary alicyclic amines) is 1. The highest BCUT2D eigenvalue weighted by molar-refractivity contribution is 5.94. The number of hydrogen-bond donors (Lipinski definition) is 1. The van der Waals surface area contributed by atoms with Crippen LogP contribution in [0.1, 0.15) is 49.5 Å². The summed E-state index contributed by atoms with van der Waals surface area (Å²) in [6.45, 7) is 7.17. The number of alkyl carbamates (subject to hydrolysis) is 1. The minimum atomic E-state index is -0.561. The van der Waals surface area contributed by atoms with E-state index in [9.17, 15) is 9.59 Å². The molecule has 1 aromatic carbocycles.